The Morgan fingerprint density at radius 1 is 1.13 bits per heavy atom. The zero-order valence-corrected chi connectivity index (χ0v) is 16.3. The van der Waals surface area contributed by atoms with Gasteiger partial charge in [-0.15, -0.1) is 0 Å². The Morgan fingerprint density at radius 2 is 1.83 bits per heavy atom. The van der Waals surface area contributed by atoms with Crippen molar-refractivity contribution >= 4 is 39.9 Å². The van der Waals surface area contributed by atoms with Crippen molar-refractivity contribution in [3.8, 4) is 0 Å². The van der Waals surface area contributed by atoms with Gasteiger partial charge in [0.25, 0.3) is 0 Å². The molecule has 2 aromatic carbocycles. The molecule has 0 spiro atoms. The summed E-state index contributed by atoms with van der Waals surface area (Å²) in [5.74, 6) is 0.484. The Labute approximate surface area is 153 Å². The lowest BCUT2D eigenvalue weighted by Gasteiger charge is -2.34. The molecular formula is C19H24IN3. The summed E-state index contributed by atoms with van der Waals surface area (Å²) in [4.78, 5) is 4.02. The quantitative estimate of drug-likeness (QED) is 0.421. The topological polar surface area (TPSA) is 30.3 Å². The summed E-state index contributed by atoms with van der Waals surface area (Å²) in [5, 5.41) is 8.73. The summed E-state index contributed by atoms with van der Waals surface area (Å²) in [5.41, 5.74) is 3.41. The second-order valence-electron chi connectivity index (χ2n) is 5.82. The van der Waals surface area contributed by atoms with Crippen LogP contribution in [0.15, 0.2) is 48.5 Å². The van der Waals surface area contributed by atoms with Crippen molar-refractivity contribution in [3.63, 3.8) is 0 Å². The monoisotopic (exact) mass is 421 g/mol. The summed E-state index contributed by atoms with van der Waals surface area (Å²) >= 11 is 2.32. The van der Waals surface area contributed by atoms with Crippen molar-refractivity contribution in [3.05, 3.63) is 57.7 Å². The van der Waals surface area contributed by atoms with Gasteiger partial charge in [-0.1, -0.05) is 31.2 Å². The highest BCUT2D eigenvalue weighted by Gasteiger charge is 2.21. The maximum atomic E-state index is 8.73. The van der Waals surface area contributed by atoms with Crippen molar-refractivity contribution in [2.45, 2.75) is 33.2 Å². The first kappa shape index (κ1) is 17.8. The van der Waals surface area contributed by atoms with Gasteiger partial charge in [0.1, 0.15) is 0 Å². The van der Waals surface area contributed by atoms with E-state index in [0.29, 0.717) is 5.96 Å². The standard InChI is InChI=1S/C19H24IN3/c1-5-15-9-8-10-16(13-15)23(14(2)3)19(21)22(4)18-12-7-6-11-17(18)20/h6-14,21H,5H2,1-4H3. The molecule has 4 heteroatoms. The molecule has 2 rings (SSSR count). The van der Waals surface area contributed by atoms with Gasteiger partial charge < -0.3 is 9.80 Å². The van der Waals surface area contributed by atoms with Crippen LogP contribution in [0.1, 0.15) is 26.3 Å². The lowest BCUT2D eigenvalue weighted by molar-refractivity contribution is 0.792. The summed E-state index contributed by atoms with van der Waals surface area (Å²) in [6.07, 6.45) is 1.000. The third-order valence-electron chi connectivity index (χ3n) is 3.87. The Hall–Kier alpha value is -1.56. The van der Waals surface area contributed by atoms with Crippen LogP contribution < -0.4 is 9.80 Å². The van der Waals surface area contributed by atoms with E-state index in [9.17, 15) is 0 Å². The number of guanidine groups is 1. The van der Waals surface area contributed by atoms with Crippen LogP contribution in [0, 0.1) is 8.98 Å². The second kappa shape index (κ2) is 7.81. The lowest BCUT2D eigenvalue weighted by atomic mass is 10.1. The van der Waals surface area contributed by atoms with Gasteiger partial charge in [0, 0.05) is 22.3 Å². The fraction of sp³-hybridized carbons (Fsp3) is 0.316. The molecule has 0 bridgehead atoms. The molecule has 0 aliphatic rings. The maximum absolute atomic E-state index is 8.73. The molecule has 0 fully saturated rings. The summed E-state index contributed by atoms with van der Waals surface area (Å²) < 4.78 is 1.14. The highest BCUT2D eigenvalue weighted by Crippen LogP contribution is 2.25. The molecule has 0 aromatic heterocycles. The van der Waals surface area contributed by atoms with E-state index in [1.54, 1.807) is 0 Å². The van der Waals surface area contributed by atoms with Crippen LogP contribution in [-0.2, 0) is 6.42 Å². The van der Waals surface area contributed by atoms with Gasteiger partial charge in [0.05, 0.1) is 5.69 Å². The highest BCUT2D eigenvalue weighted by atomic mass is 127. The number of hydrogen-bond donors (Lipinski definition) is 1. The molecule has 0 radical (unpaired) electrons. The zero-order valence-electron chi connectivity index (χ0n) is 14.2. The van der Waals surface area contributed by atoms with E-state index < -0.39 is 0 Å². The fourth-order valence-corrected chi connectivity index (χ4v) is 3.34. The van der Waals surface area contributed by atoms with Crippen LogP contribution in [0.25, 0.3) is 0 Å². The predicted octanol–water partition coefficient (Wildman–Crippen LogP) is 5.14. The lowest BCUT2D eigenvalue weighted by Crippen LogP contribution is -2.46. The van der Waals surface area contributed by atoms with Crippen LogP contribution in [0.4, 0.5) is 11.4 Å². The minimum atomic E-state index is 0.207. The van der Waals surface area contributed by atoms with Crippen molar-refractivity contribution in [1.82, 2.24) is 0 Å². The molecule has 23 heavy (non-hydrogen) atoms. The molecule has 0 unspecified atom stereocenters. The number of nitrogens with zero attached hydrogens (tertiary/aromatic N) is 2. The Morgan fingerprint density at radius 3 is 2.43 bits per heavy atom. The van der Waals surface area contributed by atoms with E-state index in [1.807, 2.05) is 24.1 Å². The molecule has 1 N–H and O–H groups in total. The van der Waals surface area contributed by atoms with Gasteiger partial charge in [-0.05, 0) is 72.7 Å². The van der Waals surface area contributed by atoms with E-state index in [-0.39, 0.29) is 6.04 Å². The average Bonchev–Trinajstić information content (AvgIpc) is 2.54. The molecular weight excluding hydrogens is 397 g/mol. The van der Waals surface area contributed by atoms with Crippen molar-refractivity contribution in [1.29, 1.82) is 5.41 Å². The first-order valence-corrected chi connectivity index (χ1v) is 8.98. The van der Waals surface area contributed by atoms with Crippen molar-refractivity contribution in [2.24, 2.45) is 0 Å². The molecule has 2 aromatic rings. The van der Waals surface area contributed by atoms with E-state index in [4.69, 9.17) is 5.41 Å². The number of para-hydroxylation sites is 1. The molecule has 0 atom stereocenters. The van der Waals surface area contributed by atoms with E-state index in [2.05, 4.69) is 84.7 Å². The number of nitrogens with one attached hydrogen (secondary N) is 1. The summed E-state index contributed by atoms with van der Waals surface area (Å²) in [7, 11) is 1.96. The Kier molecular flexibility index (Phi) is 6.04. The number of anilines is 2. The van der Waals surface area contributed by atoms with Crippen LogP contribution in [0.2, 0.25) is 0 Å². The van der Waals surface area contributed by atoms with Crippen LogP contribution in [-0.4, -0.2) is 19.0 Å². The molecule has 0 saturated carbocycles. The third-order valence-corrected chi connectivity index (χ3v) is 4.79. The number of benzene rings is 2. The average molecular weight is 421 g/mol. The largest absolute Gasteiger partial charge is 0.314 e. The summed E-state index contributed by atoms with van der Waals surface area (Å²) in [6.45, 7) is 6.40. The van der Waals surface area contributed by atoms with Gasteiger partial charge in [-0.2, -0.15) is 0 Å². The van der Waals surface area contributed by atoms with Gasteiger partial charge in [0.2, 0.25) is 5.96 Å². The van der Waals surface area contributed by atoms with Crippen LogP contribution in [0.5, 0.6) is 0 Å². The molecule has 0 aliphatic heterocycles. The van der Waals surface area contributed by atoms with Gasteiger partial charge in [-0.3, -0.25) is 5.41 Å². The van der Waals surface area contributed by atoms with Gasteiger partial charge in [0.15, 0.2) is 0 Å². The van der Waals surface area contributed by atoms with Gasteiger partial charge >= 0.3 is 0 Å². The fourth-order valence-electron chi connectivity index (χ4n) is 2.59. The van der Waals surface area contributed by atoms with E-state index >= 15 is 0 Å². The van der Waals surface area contributed by atoms with Crippen molar-refractivity contribution in [2.75, 3.05) is 16.8 Å². The zero-order chi connectivity index (χ0) is 17.0. The molecule has 0 aliphatic carbocycles. The first-order valence-electron chi connectivity index (χ1n) is 7.90. The second-order valence-corrected chi connectivity index (χ2v) is 6.98. The minimum absolute atomic E-state index is 0.207. The molecule has 0 amide bonds. The Bertz CT molecular complexity index is 682. The predicted molar refractivity (Wildman–Crippen MR) is 109 cm³/mol. The molecule has 3 nitrogen and oxygen atoms in total. The molecule has 0 saturated heterocycles. The van der Waals surface area contributed by atoms with Crippen LogP contribution >= 0.6 is 22.6 Å². The SMILES string of the molecule is CCc1cccc(N(C(=N)N(C)c2ccccc2I)C(C)C)c1. The minimum Gasteiger partial charge on any atom is -0.314 e. The van der Waals surface area contributed by atoms with Gasteiger partial charge in [-0.25, -0.2) is 0 Å². The first-order chi connectivity index (χ1) is 11.0. The molecule has 0 heterocycles. The number of hydrogen-bond acceptors (Lipinski definition) is 1. The maximum Gasteiger partial charge on any atom is 0.202 e. The van der Waals surface area contributed by atoms with E-state index in [0.717, 1.165) is 21.4 Å². The van der Waals surface area contributed by atoms with Crippen LogP contribution in [0.3, 0.4) is 0 Å². The number of halogens is 1. The third kappa shape index (κ3) is 4.05. The van der Waals surface area contributed by atoms with E-state index in [1.165, 1.54) is 5.56 Å². The highest BCUT2D eigenvalue weighted by molar-refractivity contribution is 14.1. The number of rotatable bonds is 4. The molecule has 122 valence electrons. The normalized spacial score (nSPS) is 10.7. The number of aryl methyl sites for hydroxylation is 1. The van der Waals surface area contributed by atoms with Crippen molar-refractivity contribution < 1.29 is 0 Å². The Balaban J connectivity index is 2.37. The summed E-state index contributed by atoms with van der Waals surface area (Å²) in [6, 6.07) is 16.8. The smallest absolute Gasteiger partial charge is 0.202 e.